The molecule has 0 bridgehead atoms. The topological polar surface area (TPSA) is 59.8 Å². The SMILES string of the molecule is O=C(NCc1cccnc1)c1cc(C2CC2)nn1-c1ccccc1. The molecule has 1 aromatic carbocycles. The molecule has 5 nitrogen and oxygen atoms in total. The summed E-state index contributed by atoms with van der Waals surface area (Å²) in [6.45, 7) is 0.450. The van der Waals surface area contributed by atoms with Crippen molar-refractivity contribution in [3.05, 3.63) is 77.9 Å². The first-order valence-electron chi connectivity index (χ1n) is 8.14. The minimum absolute atomic E-state index is 0.123. The molecule has 0 aliphatic heterocycles. The molecule has 1 fully saturated rings. The zero-order chi connectivity index (χ0) is 16.4. The van der Waals surface area contributed by atoms with Crippen molar-refractivity contribution in [2.24, 2.45) is 0 Å². The summed E-state index contributed by atoms with van der Waals surface area (Å²) < 4.78 is 1.74. The molecule has 120 valence electrons. The average Bonchev–Trinajstić information content (AvgIpc) is 3.40. The van der Waals surface area contributed by atoms with Gasteiger partial charge in [-0.15, -0.1) is 0 Å². The van der Waals surface area contributed by atoms with Gasteiger partial charge in [0.2, 0.25) is 0 Å². The number of nitrogens with zero attached hydrogens (tertiary/aromatic N) is 3. The zero-order valence-corrected chi connectivity index (χ0v) is 13.2. The summed E-state index contributed by atoms with van der Waals surface area (Å²) in [6, 6.07) is 15.5. The van der Waals surface area contributed by atoms with E-state index in [1.165, 1.54) is 0 Å². The summed E-state index contributed by atoms with van der Waals surface area (Å²) in [7, 11) is 0. The Morgan fingerprint density at radius 3 is 2.71 bits per heavy atom. The molecule has 1 aliphatic carbocycles. The molecular formula is C19H18N4O. The largest absolute Gasteiger partial charge is 0.347 e. The van der Waals surface area contributed by atoms with Crippen LogP contribution < -0.4 is 5.32 Å². The van der Waals surface area contributed by atoms with E-state index < -0.39 is 0 Å². The maximum Gasteiger partial charge on any atom is 0.270 e. The van der Waals surface area contributed by atoms with Crippen LogP contribution in [0.15, 0.2) is 60.9 Å². The Hall–Kier alpha value is -2.95. The van der Waals surface area contributed by atoms with Gasteiger partial charge in [-0.25, -0.2) is 4.68 Å². The summed E-state index contributed by atoms with van der Waals surface area (Å²) in [5, 5.41) is 7.62. The third kappa shape index (κ3) is 3.06. The van der Waals surface area contributed by atoms with Crippen LogP contribution in [0.1, 0.15) is 40.5 Å². The summed E-state index contributed by atoms with van der Waals surface area (Å²) in [5.41, 5.74) is 3.45. The molecule has 0 radical (unpaired) electrons. The van der Waals surface area contributed by atoms with E-state index in [0.29, 0.717) is 18.2 Å². The Kier molecular flexibility index (Phi) is 3.83. The molecule has 2 aromatic heterocycles. The van der Waals surface area contributed by atoms with E-state index in [-0.39, 0.29) is 5.91 Å². The van der Waals surface area contributed by atoms with Gasteiger partial charge in [-0.2, -0.15) is 5.10 Å². The molecule has 0 saturated heterocycles. The van der Waals surface area contributed by atoms with Gasteiger partial charge < -0.3 is 5.32 Å². The highest BCUT2D eigenvalue weighted by atomic mass is 16.2. The lowest BCUT2D eigenvalue weighted by Crippen LogP contribution is -2.25. The molecule has 1 aliphatic rings. The number of rotatable bonds is 5. The number of nitrogens with one attached hydrogen (secondary N) is 1. The van der Waals surface area contributed by atoms with E-state index in [9.17, 15) is 4.79 Å². The number of carbonyl (C=O) groups is 1. The van der Waals surface area contributed by atoms with Gasteiger partial charge in [0.25, 0.3) is 5.91 Å². The molecular weight excluding hydrogens is 300 g/mol. The van der Waals surface area contributed by atoms with Crippen LogP contribution in [0.25, 0.3) is 5.69 Å². The maximum atomic E-state index is 12.7. The van der Waals surface area contributed by atoms with Crippen molar-refractivity contribution in [2.75, 3.05) is 0 Å². The Labute approximate surface area is 140 Å². The first-order chi connectivity index (χ1) is 11.8. The lowest BCUT2D eigenvalue weighted by Gasteiger charge is -2.08. The zero-order valence-electron chi connectivity index (χ0n) is 13.2. The van der Waals surface area contributed by atoms with Crippen molar-refractivity contribution in [2.45, 2.75) is 25.3 Å². The van der Waals surface area contributed by atoms with Crippen LogP contribution in [-0.4, -0.2) is 20.7 Å². The van der Waals surface area contributed by atoms with Crippen LogP contribution >= 0.6 is 0 Å². The fourth-order valence-corrected chi connectivity index (χ4v) is 2.68. The van der Waals surface area contributed by atoms with E-state index in [2.05, 4.69) is 15.4 Å². The van der Waals surface area contributed by atoms with Gasteiger partial charge in [-0.05, 0) is 42.7 Å². The van der Waals surface area contributed by atoms with E-state index in [0.717, 1.165) is 29.8 Å². The van der Waals surface area contributed by atoms with E-state index in [4.69, 9.17) is 0 Å². The second kappa shape index (κ2) is 6.28. The van der Waals surface area contributed by atoms with Gasteiger partial charge in [0, 0.05) is 24.9 Å². The molecule has 5 heteroatoms. The second-order valence-electron chi connectivity index (χ2n) is 6.02. The number of carbonyl (C=O) groups excluding carboxylic acids is 1. The Morgan fingerprint density at radius 1 is 1.17 bits per heavy atom. The van der Waals surface area contributed by atoms with Crippen molar-refractivity contribution < 1.29 is 4.79 Å². The first-order valence-corrected chi connectivity index (χ1v) is 8.14. The number of amides is 1. The molecule has 3 aromatic rings. The highest BCUT2D eigenvalue weighted by molar-refractivity contribution is 5.93. The van der Waals surface area contributed by atoms with E-state index in [1.807, 2.05) is 48.5 Å². The predicted molar refractivity (Wildman–Crippen MR) is 90.9 cm³/mol. The van der Waals surface area contributed by atoms with Gasteiger partial charge in [0.1, 0.15) is 5.69 Å². The average molecular weight is 318 g/mol. The van der Waals surface area contributed by atoms with Crippen LogP contribution in [0, 0.1) is 0 Å². The third-order valence-corrected chi connectivity index (χ3v) is 4.13. The minimum Gasteiger partial charge on any atom is -0.347 e. The van der Waals surface area contributed by atoms with Crippen molar-refractivity contribution in [3.8, 4) is 5.69 Å². The smallest absolute Gasteiger partial charge is 0.270 e. The van der Waals surface area contributed by atoms with Crippen LogP contribution in [-0.2, 0) is 6.54 Å². The fourth-order valence-electron chi connectivity index (χ4n) is 2.68. The molecule has 1 saturated carbocycles. The lowest BCUT2D eigenvalue weighted by molar-refractivity contribution is 0.0943. The molecule has 2 heterocycles. The Balaban J connectivity index is 1.60. The highest BCUT2D eigenvalue weighted by Crippen LogP contribution is 2.39. The number of pyridine rings is 1. The van der Waals surface area contributed by atoms with Gasteiger partial charge in [-0.1, -0.05) is 24.3 Å². The van der Waals surface area contributed by atoms with Crippen molar-refractivity contribution >= 4 is 5.91 Å². The number of hydrogen-bond acceptors (Lipinski definition) is 3. The summed E-state index contributed by atoms with van der Waals surface area (Å²) >= 11 is 0. The molecule has 24 heavy (non-hydrogen) atoms. The lowest BCUT2D eigenvalue weighted by atomic mass is 10.2. The van der Waals surface area contributed by atoms with E-state index >= 15 is 0 Å². The number of hydrogen-bond donors (Lipinski definition) is 1. The van der Waals surface area contributed by atoms with Crippen LogP contribution in [0.4, 0.5) is 0 Å². The molecule has 0 spiro atoms. The van der Waals surface area contributed by atoms with Gasteiger partial charge in [0.05, 0.1) is 11.4 Å². The predicted octanol–water partition coefficient (Wildman–Crippen LogP) is 3.07. The van der Waals surface area contributed by atoms with E-state index in [1.54, 1.807) is 17.1 Å². The maximum absolute atomic E-state index is 12.7. The van der Waals surface area contributed by atoms with Gasteiger partial charge in [-0.3, -0.25) is 9.78 Å². The Morgan fingerprint density at radius 2 is 2.00 bits per heavy atom. The molecule has 0 atom stereocenters. The normalized spacial score (nSPS) is 13.7. The molecule has 1 amide bonds. The second-order valence-corrected chi connectivity index (χ2v) is 6.02. The minimum atomic E-state index is -0.123. The highest BCUT2D eigenvalue weighted by Gasteiger charge is 2.28. The van der Waals surface area contributed by atoms with Crippen LogP contribution in [0.3, 0.4) is 0 Å². The van der Waals surface area contributed by atoms with Gasteiger partial charge >= 0.3 is 0 Å². The number of para-hydroxylation sites is 1. The summed E-state index contributed by atoms with van der Waals surface area (Å²) in [6.07, 6.45) is 5.78. The number of benzene rings is 1. The monoisotopic (exact) mass is 318 g/mol. The molecule has 0 unspecified atom stereocenters. The number of aromatic nitrogens is 3. The van der Waals surface area contributed by atoms with Crippen molar-refractivity contribution in [1.29, 1.82) is 0 Å². The first kappa shape index (κ1) is 14.6. The fraction of sp³-hybridized carbons (Fsp3) is 0.211. The van der Waals surface area contributed by atoms with Crippen molar-refractivity contribution in [1.82, 2.24) is 20.1 Å². The van der Waals surface area contributed by atoms with Crippen molar-refractivity contribution in [3.63, 3.8) is 0 Å². The standard InChI is InChI=1S/C19H18N4O/c24-19(21-13-14-5-4-10-20-12-14)18-11-17(15-8-9-15)22-23(18)16-6-2-1-3-7-16/h1-7,10-12,15H,8-9,13H2,(H,21,24). The Bertz CT molecular complexity index is 838. The van der Waals surface area contributed by atoms with Gasteiger partial charge in [0.15, 0.2) is 0 Å². The van der Waals surface area contributed by atoms with Crippen LogP contribution in [0.5, 0.6) is 0 Å². The summed E-state index contributed by atoms with van der Waals surface area (Å²) in [5.74, 6) is 0.377. The quantitative estimate of drug-likeness (QED) is 0.786. The molecule has 1 N–H and O–H groups in total. The third-order valence-electron chi connectivity index (χ3n) is 4.13. The summed E-state index contributed by atoms with van der Waals surface area (Å²) in [4.78, 5) is 16.7. The van der Waals surface area contributed by atoms with Crippen LogP contribution in [0.2, 0.25) is 0 Å². The molecule has 4 rings (SSSR count).